The van der Waals surface area contributed by atoms with Gasteiger partial charge in [0.1, 0.15) is 6.61 Å². The number of aliphatic hydroxyl groups is 1. The van der Waals surface area contributed by atoms with Gasteiger partial charge in [-0.2, -0.15) is 0 Å². The van der Waals surface area contributed by atoms with Crippen LogP contribution in [0, 0.1) is 11.8 Å². The van der Waals surface area contributed by atoms with Gasteiger partial charge in [-0.25, -0.2) is 0 Å². The van der Waals surface area contributed by atoms with Crippen molar-refractivity contribution in [2.24, 2.45) is 11.8 Å². The molecule has 0 saturated heterocycles. The lowest BCUT2D eigenvalue weighted by Gasteiger charge is -2.60. The Bertz CT molecular complexity index is 657. The summed E-state index contributed by atoms with van der Waals surface area (Å²) >= 11 is 0. The van der Waals surface area contributed by atoms with Gasteiger partial charge in [-0.3, -0.25) is 0 Å². The van der Waals surface area contributed by atoms with Gasteiger partial charge in [-0.15, -0.1) is 0 Å². The molecule has 4 bridgehead atoms. The van der Waals surface area contributed by atoms with Crippen LogP contribution in [0.1, 0.15) is 51.0 Å². The standard InChI is InChI=1S/C22H31NO3/c1-3-7-26-19-6-5-16(9-20(19)25-4-2)14-23-21-10-17-8-18(11-21)13-22(24,12-17)15-21/h3,5-6,9,17-18,23-24H,1,4,7-8,10-15H2,2H3. The van der Waals surface area contributed by atoms with Crippen LogP contribution in [-0.4, -0.2) is 29.5 Å². The molecule has 2 atom stereocenters. The van der Waals surface area contributed by atoms with E-state index < -0.39 is 5.60 Å². The second kappa shape index (κ2) is 6.90. The molecule has 142 valence electrons. The maximum absolute atomic E-state index is 10.9. The summed E-state index contributed by atoms with van der Waals surface area (Å²) in [7, 11) is 0. The summed E-state index contributed by atoms with van der Waals surface area (Å²) in [6.45, 7) is 7.57. The number of nitrogens with one attached hydrogen (secondary N) is 1. The largest absolute Gasteiger partial charge is 0.490 e. The van der Waals surface area contributed by atoms with Gasteiger partial charge in [0.2, 0.25) is 0 Å². The summed E-state index contributed by atoms with van der Waals surface area (Å²) < 4.78 is 11.4. The molecular formula is C22H31NO3. The molecule has 0 heterocycles. The SMILES string of the molecule is C=CCOc1ccc(CNC23CC4CC(CC(O)(C4)C2)C3)cc1OCC. The zero-order valence-corrected chi connectivity index (χ0v) is 15.8. The van der Waals surface area contributed by atoms with Gasteiger partial charge in [0.25, 0.3) is 0 Å². The fraction of sp³-hybridized carbons (Fsp3) is 0.636. The molecule has 4 saturated carbocycles. The number of rotatable bonds is 8. The fourth-order valence-corrected chi connectivity index (χ4v) is 5.91. The Morgan fingerprint density at radius 1 is 1.19 bits per heavy atom. The van der Waals surface area contributed by atoms with Crippen molar-refractivity contribution < 1.29 is 14.6 Å². The third-order valence-corrected chi connectivity index (χ3v) is 6.36. The van der Waals surface area contributed by atoms with Crippen LogP contribution in [0.5, 0.6) is 11.5 Å². The van der Waals surface area contributed by atoms with Crippen LogP contribution in [0.2, 0.25) is 0 Å². The fourth-order valence-electron chi connectivity index (χ4n) is 5.91. The Hall–Kier alpha value is -1.52. The number of ether oxygens (including phenoxy) is 2. The van der Waals surface area contributed by atoms with E-state index in [1.807, 2.05) is 13.0 Å². The average Bonchev–Trinajstić information content (AvgIpc) is 2.57. The van der Waals surface area contributed by atoms with E-state index in [9.17, 15) is 5.11 Å². The molecule has 2 unspecified atom stereocenters. The topological polar surface area (TPSA) is 50.7 Å². The molecule has 0 radical (unpaired) electrons. The molecule has 2 N–H and O–H groups in total. The van der Waals surface area contributed by atoms with E-state index in [0.29, 0.717) is 25.0 Å². The van der Waals surface area contributed by atoms with E-state index in [1.165, 1.54) is 24.8 Å². The van der Waals surface area contributed by atoms with Gasteiger partial charge < -0.3 is 19.9 Å². The Balaban J connectivity index is 1.46. The first kappa shape index (κ1) is 17.9. The Kier molecular flexibility index (Phi) is 4.74. The zero-order valence-electron chi connectivity index (χ0n) is 15.8. The lowest BCUT2D eigenvalue weighted by atomic mass is 9.51. The summed E-state index contributed by atoms with van der Waals surface area (Å²) in [6.07, 6.45) is 8.41. The maximum Gasteiger partial charge on any atom is 0.161 e. The van der Waals surface area contributed by atoms with Crippen LogP contribution in [0.3, 0.4) is 0 Å². The second-order valence-corrected chi connectivity index (χ2v) is 8.63. The first-order chi connectivity index (χ1) is 12.5. The predicted molar refractivity (Wildman–Crippen MR) is 103 cm³/mol. The Labute approximate surface area is 156 Å². The zero-order chi connectivity index (χ0) is 18.2. The van der Waals surface area contributed by atoms with Gasteiger partial charge in [-0.1, -0.05) is 18.7 Å². The van der Waals surface area contributed by atoms with E-state index in [4.69, 9.17) is 9.47 Å². The third-order valence-electron chi connectivity index (χ3n) is 6.36. The smallest absolute Gasteiger partial charge is 0.161 e. The monoisotopic (exact) mass is 357 g/mol. The minimum Gasteiger partial charge on any atom is -0.490 e. The van der Waals surface area contributed by atoms with E-state index in [1.54, 1.807) is 6.08 Å². The lowest BCUT2D eigenvalue weighted by molar-refractivity contribution is -0.142. The molecule has 4 heteroatoms. The number of benzene rings is 1. The number of hydrogen-bond donors (Lipinski definition) is 2. The molecule has 5 rings (SSSR count). The van der Waals surface area contributed by atoms with Gasteiger partial charge in [0.15, 0.2) is 11.5 Å². The summed E-state index contributed by atoms with van der Waals surface area (Å²) in [5, 5.41) is 14.7. The van der Waals surface area contributed by atoms with E-state index >= 15 is 0 Å². The maximum atomic E-state index is 10.9. The third kappa shape index (κ3) is 3.49. The first-order valence-corrected chi connectivity index (χ1v) is 10.00. The first-order valence-electron chi connectivity index (χ1n) is 10.00. The van der Waals surface area contributed by atoms with Gasteiger partial charge >= 0.3 is 0 Å². The van der Waals surface area contributed by atoms with Crippen molar-refractivity contribution in [2.45, 2.75) is 63.1 Å². The van der Waals surface area contributed by atoms with Crippen molar-refractivity contribution in [3.8, 4) is 11.5 Å². The summed E-state index contributed by atoms with van der Waals surface area (Å²) in [5.74, 6) is 2.95. The quantitative estimate of drug-likeness (QED) is 0.695. The molecule has 1 aromatic rings. The predicted octanol–water partition coefficient (Wildman–Crippen LogP) is 3.82. The molecule has 4 aliphatic rings. The van der Waals surface area contributed by atoms with Crippen LogP contribution >= 0.6 is 0 Å². The molecule has 4 nitrogen and oxygen atoms in total. The average molecular weight is 357 g/mol. The molecule has 0 spiro atoms. The highest BCUT2D eigenvalue weighted by Crippen LogP contribution is 2.57. The minimum atomic E-state index is -0.421. The molecular weight excluding hydrogens is 326 g/mol. The Morgan fingerprint density at radius 3 is 2.62 bits per heavy atom. The summed E-state index contributed by atoms with van der Waals surface area (Å²) in [4.78, 5) is 0. The normalized spacial score (nSPS) is 34.7. The van der Waals surface area contributed by atoms with Gasteiger partial charge in [0, 0.05) is 12.1 Å². The van der Waals surface area contributed by atoms with Crippen LogP contribution in [0.25, 0.3) is 0 Å². The van der Waals surface area contributed by atoms with Gasteiger partial charge in [-0.05, 0) is 75.0 Å². The molecule has 4 fully saturated rings. The van der Waals surface area contributed by atoms with E-state index in [2.05, 4.69) is 24.0 Å². The molecule has 26 heavy (non-hydrogen) atoms. The molecule has 0 amide bonds. The molecule has 1 aromatic carbocycles. The van der Waals surface area contributed by atoms with Crippen LogP contribution in [-0.2, 0) is 6.54 Å². The van der Waals surface area contributed by atoms with Crippen LogP contribution in [0.4, 0.5) is 0 Å². The highest BCUT2D eigenvalue weighted by Gasteiger charge is 2.56. The Morgan fingerprint density at radius 2 is 1.96 bits per heavy atom. The number of hydrogen-bond acceptors (Lipinski definition) is 4. The van der Waals surface area contributed by atoms with Crippen molar-refractivity contribution in [3.05, 3.63) is 36.4 Å². The van der Waals surface area contributed by atoms with Crippen LogP contribution in [0.15, 0.2) is 30.9 Å². The van der Waals surface area contributed by atoms with Crippen LogP contribution < -0.4 is 14.8 Å². The molecule has 4 aliphatic carbocycles. The van der Waals surface area contributed by atoms with Gasteiger partial charge in [0.05, 0.1) is 12.2 Å². The van der Waals surface area contributed by atoms with Crippen molar-refractivity contribution in [1.82, 2.24) is 5.32 Å². The van der Waals surface area contributed by atoms with Crippen molar-refractivity contribution in [1.29, 1.82) is 0 Å². The summed E-state index contributed by atoms with van der Waals surface area (Å²) in [6, 6.07) is 6.16. The molecule has 0 aromatic heterocycles. The van der Waals surface area contributed by atoms with Crippen molar-refractivity contribution >= 4 is 0 Å². The molecule has 0 aliphatic heterocycles. The highest BCUT2D eigenvalue weighted by atomic mass is 16.5. The van der Waals surface area contributed by atoms with Crippen molar-refractivity contribution in [3.63, 3.8) is 0 Å². The van der Waals surface area contributed by atoms with E-state index in [0.717, 1.165) is 37.3 Å². The van der Waals surface area contributed by atoms with E-state index in [-0.39, 0.29) is 5.54 Å². The van der Waals surface area contributed by atoms with Crippen molar-refractivity contribution in [2.75, 3.05) is 13.2 Å². The summed E-state index contributed by atoms with van der Waals surface area (Å²) in [5.41, 5.74) is 0.889. The minimum absolute atomic E-state index is 0.114. The highest BCUT2D eigenvalue weighted by molar-refractivity contribution is 5.43. The lowest BCUT2D eigenvalue weighted by Crippen LogP contribution is -2.64. The second-order valence-electron chi connectivity index (χ2n) is 8.63.